The van der Waals surface area contributed by atoms with Crippen molar-refractivity contribution in [3.8, 4) is 0 Å². The SMILES string of the molecule is C/C=C/CCNCc1ccc(C)cc1C. The third-order valence-electron chi connectivity index (χ3n) is 2.54. The van der Waals surface area contributed by atoms with Gasteiger partial charge in [0.25, 0.3) is 0 Å². The summed E-state index contributed by atoms with van der Waals surface area (Å²) < 4.78 is 0. The number of hydrogen-bond donors (Lipinski definition) is 1. The first-order valence-corrected chi connectivity index (χ1v) is 5.62. The van der Waals surface area contributed by atoms with Crippen LogP contribution >= 0.6 is 0 Å². The van der Waals surface area contributed by atoms with Gasteiger partial charge in [0, 0.05) is 6.54 Å². The van der Waals surface area contributed by atoms with Gasteiger partial charge in [0.15, 0.2) is 0 Å². The van der Waals surface area contributed by atoms with Crippen LogP contribution in [0, 0.1) is 13.8 Å². The van der Waals surface area contributed by atoms with Crippen LogP contribution in [0.2, 0.25) is 0 Å². The van der Waals surface area contributed by atoms with E-state index in [1.807, 2.05) is 0 Å². The number of aryl methyl sites for hydroxylation is 2. The Balaban J connectivity index is 2.37. The molecule has 82 valence electrons. The Labute approximate surface area is 93.2 Å². The molecule has 0 heterocycles. The van der Waals surface area contributed by atoms with E-state index in [-0.39, 0.29) is 0 Å². The largest absolute Gasteiger partial charge is 0.312 e. The predicted octanol–water partition coefficient (Wildman–Crippen LogP) is 3.36. The molecular weight excluding hydrogens is 182 g/mol. The molecule has 0 aliphatic rings. The Bertz CT molecular complexity index is 326. The fraction of sp³-hybridized carbons (Fsp3) is 0.429. The van der Waals surface area contributed by atoms with Gasteiger partial charge in [-0.2, -0.15) is 0 Å². The summed E-state index contributed by atoms with van der Waals surface area (Å²) in [5, 5.41) is 3.45. The molecule has 1 heteroatoms. The van der Waals surface area contributed by atoms with Crippen molar-refractivity contribution in [2.24, 2.45) is 0 Å². The van der Waals surface area contributed by atoms with E-state index in [0.717, 1.165) is 19.5 Å². The van der Waals surface area contributed by atoms with Gasteiger partial charge in [-0.1, -0.05) is 35.9 Å². The fourth-order valence-electron chi connectivity index (χ4n) is 1.62. The van der Waals surface area contributed by atoms with Crippen LogP contribution < -0.4 is 5.32 Å². The molecule has 0 fully saturated rings. The topological polar surface area (TPSA) is 12.0 Å². The average Bonchev–Trinajstić information content (AvgIpc) is 2.20. The quantitative estimate of drug-likeness (QED) is 0.571. The second kappa shape index (κ2) is 6.41. The average molecular weight is 203 g/mol. The van der Waals surface area contributed by atoms with Crippen molar-refractivity contribution in [1.82, 2.24) is 5.32 Å². The van der Waals surface area contributed by atoms with Crippen molar-refractivity contribution >= 4 is 0 Å². The summed E-state index contributed by atoms with van der Waals surface area (Å²) in [6.07, 6.45) is 5.40. The zero-order valence-electron chi connectivity index (χ0n) is 10.0. The van der Waals surface area contributed by atoms with E-state index in [1.54, 1.807) is 0 Å². The minimum Gasteiger partial charge on any atom is -0.312 e. The summed E-state index contributed by atoms with van der Waals surface area (Å²) in [5.41, 5.74) is 4.12. The van der Waals surface area contributed by atoms with Crippen LogP contribution in [-0.2, 0) is 6.54 Å². The van der Waals surface area contributed by atoms with Crippen LogP contribution in [0.15, 0.2) is 30.4 Å². The van der Waals surface area contributed by atoms with Crippen LogP contribution in [0.25, 0.3) is 0 Å². The van der Waals surface area contributed by atoms with Crippen molar-refractivity contribution < 1.29 is 0 Å². The van der Waals surface area contributed by atoms with Crippen molar-refractivity contribution in [3.05, 3.63) is 47.0 Å². The minimum atomic E-state index is 0.976. The highest BCUT2D eigenvalue weighted by Gasteiger charge is 1.96. The third kappa shape index (κ3) is 4.30. The lowest BCUT2D eigenvalue weighted by atomic mass is 10.1. The fourth-order valence-corrected chi connectivity index (χ4v) is 1.62. The first kappa shape index (κ1) is 12.0. The molecule has 0 aliphatic carbocycles. The van der Waals surface area contributed by atoms with Crippen molar-refractivity contribution in [1.29, 1.82) is 0 Å². The lowest BCUT2D eigenvalue weighted by Gasteiger charge is -2.07. The molecule has 0 saturated carbocycles. The summed E-state index contributed by atoms with van der Waals surface area (Å²) in [6.45, 7) is 8.40. The second-order valence-corrected chi connectivity index (χ2v) is 3.96. The molecule has 0 bridgehead atoms. The molecule has 15 heavy (non-hydrogen) atoms. The molecule has 0 atom stereocenters. The van der Waals surface area contributed by atoms with Gasteiger partial charge < -0.3 is 5.32 Å². The molecule has 0 radical (unpaired) electrons. The van der Waals surface area contributed by atoms with Crippen LogP contribution in [-0.4, -0.2) is 6.54 Å². The predicted molar refractivity (Wildman–Crippen MR) is 67.1 cm³/mol. The number of benzene rings is 1. The van der Waals surface area contributed by atoms with E-state index in [4.69, 9.17) is 0 Å². The Kier molecular flexibility index (Phi) is 5.13. The smallest absolute Gasteiger partial charge is 0.0208 e. The van der Waals surface area contributed by atoms with Gasteiger partial charge in [0.1, 0.15) is 0 Å². The summed E-state index contributed by atoms with van der Waals surface area (Å²) >= 11 is 0. The number of hydrogen-bond acceptors (Lipinski definition) is 1. The molecule has 1 N–H and O–H groups in total. The van der Waals surface area contributed by atoms with Gasteiger partial charge in [-0.3, -0.25) is 0 Å². The van der Waals surface area contributed by atoms with Gasteiger partial charge in [0.05, 0.1) is 0 Å². The van der Waals surface area contributed by atoms with E-state index < -0.39 is 0 Å². The van der Waals surface area contributed by atoms with E-state index in [0.29, 0.717) is 0 Å². The molecule has 1 rings (SSSR count). The van der Waals surface area contributed by atoms with E-state index in [1.165, 1.54) is 16.7 Å². The Hall–Kier alpha value is -1.08. The Morgan fingerprint density at radius 2 is 2.07 bits per heavy atom. The molecular formula is C14H21N. The molecule has 0 saturated heterocycles. The van der Waals surface area contributed by atoms with Crippen molar-refractivity contribution in [2.45, 2.75) is 33.7 Å². The molecule has 1 nitrogen and oxygen atoms in total. The van der Waals surface area contributed by atoms with E-state index in [9.17, 15) is 0 Å². The maximum Gasteiger partial charge on any atom is 0.0208 e. The highest BCUT2D eigenvalue weighted by atomic mass is 14.8. The van der Waals surface area contributed by atoms with Gasteiger partial charge in [-0.15, -0.1) is 0 Å². The molecule has 0 spiro atoms. The summed E-state index contributed by atoms with van der Waals surface area (Å²) in [6, 6.07) is 6.63. The molecule has 1 aromatic rings. The first-order chi connectivity index (χ1) is 7.24. The van der Waals surface area contributed by atoms with Crippen LogP contribution in [0.3, 0.4) is 0 Å². The Morgan fingerprint density at radius 1 is 1.27 bits per heavy atom. The zero-order valence-corrected chi connectivity index (χ0v) is 10.0. The highest BCUT2D eigenvalue weighted by Crippen LogP contribution is 2.09. The lowest BCUT2D eigenvalue weighted by molar-refractivity contribution is 0.692. The summed E-state index contributed by atoms with van der Waals surface area (Å²) in [5.74, 6) is 0. The maximum atomic E-state index is 3.45. The van der Waals surface area contributed by atoms with Crippen LogP contribution in [0.4, 0.5) is 0 Å². The number of allylic oxidation sites excluding steroid dienone is 1. The van der Waals surface area contributed by atoms with Gasteiger partial charge in [0.2, 0.25) is 0 Å². The third-order valence-corrected chi connectivity index (χ3v) is 2.54. The molecule has 0 aromatic heterocycles. The first-order valence-electron chi connectivity index (χ1n) is 5.62. The lowest BCUT2D eigenvalue weighted by Crippen LogP contribution is -2.14. The van der Waals surface area contributed by atoms with Gasteiger partial charge >= 0.3 is 0 Å². The highest BCUT2D eigenvalue weighted by molar-refractivity contribution is 5.30. The standard InChI is InChI=1S/C14H21N/c1-4-5-6-9-15-11-14-8-7-12(2)10-13(14)3/h4-5,7-8,10,15H,6,9,11H2,1-3H3/b5-4+. The van der Waals surface area contributed by atoms with Crippen LogP contribution in [0.5, 0.6) is 0 Å². The number of nitrogens with one attached hydrogen (secondary N) is 1. The normalized spacial score (nSPS) is 11.1. The van der Waals surface area contributed by atoms with Gasteiger partial charge in [-0.25, -0.2) is 0 Å². The molecule has 0 aliphatic heterocycles. The number of rotatable bonds is 5. The van der Waals surface area contributed by atoms with Crippen molar-refractivity contribution in [3.63, 3.8) is 0 Å². The zero-order chi connectivity index (χ0) is 11.1. The minimum absolute atomic E-state index is 0.976. The second-order valence-electron chi connectivity index (χ2n) is 3.96. The van der Waals surface area contributed by atoms with Crippen LogP contribution in [0.1, 0.15) is 30.0 Å². The van der Waals surface area contributed by atoms with E-state index >= 15 is 0 Å². The molecule has 0 unspecified atom stereocenters. The Morgan fingerprint density at radius 3 is 2.73 bits per heavy atom. The maximum absolute atomic E-state index is 3.45. The van der Waals surface area contributed by atoms with E-state index in [2.05, 4.69) is 56.4 Å². The molecule has 0 amide bonds. The van der Waals surface area contributed by atoms with Gasteiger partial charge in [-0.05, 0) is 44.9 Å². The summed E-state index contributed by atoms with van der Waals surface area (Å²) in [4.78, 5) is 0. The summed E-state index contributed by atoms with van der Waals surface area (Å²) in [7, 11) is 0. The monoisotopic (exact) mass is 203 g/mol. The molecule has 1 aromatic carbocycles. The van der Waals surface area contributed by atoms with Crippen molar-refractivity contribution in [2.75, 3.05) is 6.54 Å².